The molecule has 0 saturated heterocycles. The normalized spacial score (nSPS) is 13.2. The Morgan fingerprint density at radius 2 is 2.00 bits per heavy atom. The number of anilines is 1. The number of aromatic nitrogens is 1. The first kappa shape index (κ1) is 18.8. The molecule has 0 saturated carbocycles. The number of ether oxygens (including phenoxy) is 2. The van der Waals surface area contributed by atoms with E-state index in [-0.39, 0.29) is 18.1 Å². The molecule has 146 valence electrons. The summed E-state index contributed by atoms with van der Waals surface area (Å²) in [6.45, 7) is 0.170. The average Bonchev–Trinajstić information content (AvgIpc) is 3.37. The molecule has 0 aliphatic carbocycles. The number of nitriles is 1. The van der Waals surface area contributed by atoms with Crippen LogP contribution in [0, 0.1) is 11.3 Å². The van der Waals surface area contributed by atoms with E-state index in [0.29, 0.717) is 22.2 Å². The van der Waals surface area contributed by atoms with E-state index in [1.165, 1.54) is 29.7 Å². The Labute approximate surface area is 167 Å². The minimum absolute atomic E-state index is 0.170. The Morgan fingerprint density at radius 3 is 2.79 bits per heavy atom. The average molecular weight is 415 g/mol. The molecular formula is C20H12F3N3O2S. The third kappa shape index (κ3) is 4.02. The Morgan fingerprint density at radius 1 is 1.17 bits per heavy atom. The van der Waals surface area contributed by atoms with Gasteiger partial charge in [0.05, 0.1) is 11.3 Å². The standard InChI is InChI=1S/C20H12F3N3O2S/c21-20(22,23)14-2-1-3-15(7-14)25-9-13(8-24)19-26-16(10-29-19)12-4-5-17-18(6-12)28-11-27-17/h1-7,9-10,25H,11H2. The fourth-order valence-corrected chi connectivity index (χ4v) is 3.46. The van der Waals surface area contributed by atoms with Gasteiger partial charge < -0.3 is 14.8 Å². The van der Waals surface area contributed by atoms with Crippen molar-refractivity contribution < 1.29 is 22.6 Å². The van der Waals surface area contributed by atoms with E-state index in [9.17, 15) is 18.4 Å². The molecule has 1 aliphatic heterocycles. The molecule has 1 aliphatic rings. The Balaban J connectivity index is 1.55. The number of nitrogens with one attached hydrogen (secondary N) is 1. The van der Waals surface area contributed by atoms with Gasteiger partial charge in [0.15, 0.2) is 11.5 Å². The van der Waals surface area contributed by atoms with Crippen LogP contribution in [0.2, 0.25) is 0 Å². The van der Waals surface area contributed by atoms with Crippen molar-refractivity contribution in [3.63, 3.8) is 0 Å². The lowest BCUT2D eigenvalue weighted by atomic mass is 10.1. The largest absolute Gasteiger partial charge is 0.454 e. The predicted molar refractivity (Wildman–Crippen MR) is 102 cm³/mol. The summed E-state index contributed by atoms with van der Waals surface area (Å²) in [4.78, 5) is 4.46. The van der Waals surface area contributed by atoms with Crippen molar-refractivity contribution in [3.8, 4) is 28.8 Å². The van der Waals surface area contributed by atoms with Gasteiger partial charge in [-0.25, -0.2) is 4.98 Å². The van der Waals surface area contributed by atoms with E-state index >= 15 is 0 Å². The molecule has 4 rings (SSSR count). The van der Waals surface area contributed by atoms with Gasteiger partial charge in [-0.15, -0.1) is 11.3 Å². The SMILES string of the molecule is N#CC(=CNc1cccc(C(F)(F)F)c1)c1nc(-c2ccc3c(c2)OCO3)cs1. The number of thiazole rings is 1. The molecule has 0 fully saturated rings. The highest BCUT2D eigenvalue weighted by atomic mass is 32.1. The molecule has 0 unspecified atom stereocenters. The smallest absolute Gasteiger partial charge is 0.416 e. The van der Waals surface area contributed by atoms with Crippen molar-refractivity contribution in [1.29, 1.82) is 5.26 Å². The van der Waals surface area contributed by atoms with E-state index in [0.717, 1.165) is 17.7 Å². The topological polar surface area (TPSA) is 67.2 Å². The number of halogens is 3. The van der Waals surface area contributed by atoms with Crippen molar-refractivity contribution in [3.05, 3.63) is 64.6 Å². The fourth-order valence-electron chi connectivity index (χ4n) is 2.67. The van der Waals surface area contributed by atoms with Gasteiger partial charge >= 0.3 is 6.18 Å². The van der Waals surface area contributed by atoms with Gasteiger partial charge in [-0.3, -0.25) is 0 Å². The van der Waals surface area contributed by atoms with Crippen LogP contribution in [0.5, 0.6) is 11.5 Å². The number of benzene rings is 2. The van der Waals surface area contributed by atoms with Crippen LogP contribution in [0.4, 0.5) is 18.9 Å². The molecule has 0 atom stereocenters. The first-order valence-electron chi connectivity index (χ1n) is 8.34. The summed E-state index contributed by atoms with van der Waals surface area (Å²) in [5.74, 6) is 1.28. The van der Waals surface area contributed by atoms with Gasteiger partial charge in [-0.2, -0.15) is 18.4 Å². The number of alkyl halides is 3. The number of hydrogen-bond donors (Lipinski definition) is 1. The van der Waals surface area contributed by atoms with Crippen LogP contribution in [0.3, 0.4) is 0 Å². The number of rotatable bonds is 4. The second kappa shape index (κ2) is 7.48. The zero-order valence-corrected chi connectivity index (χ0v) is 15.5. The fraction of sp³-hybridized carbons (Fsp3) is 0.100. The predicted octanol–water partition coefficient (Wildman–Crippen LogP) is 5.53. The molecule has 9 heteroatoms. The van der Waals surface area contributed by atoms with Gasteiger partial charge in [0, 0.05) is 22.8 Å². The third-order valence-electron chi connectivity index (χ3n) is 4.10. The zero-order valence-electron chi connectivity index (χ0n) is 14.7. The van der Waals surface area contributed by atoms with Gasteiger partial charge in [-0.05, 0) is 36.4 Å². The molecule has 0 radical (unpaired) electrons. The van der Waals surface area contributed by atoms with Gasteiger partial charge in [0.25, 0.3) is 0 Å². The highest BCUT2D eigenvalue weighted by Gasteiger charge is 2.30. The summed E-state index contributed by atoms with van der Waals surface area (Å²) in [5, 5.41) is 14.4. The van der Waals surface area contributed by atoms with Crippen LogP contribution in [0.1, 0.15) is 10.6 Å². The maximum Gasteiger partial charge on any atom is 0.416 e. The number of allylic oxidation sites excluding steroid dienone is 1. The summed E-state index contributed by atoms with van der Waals surface area (Å²) in [7, 11) is 0. The lowest BCUT2D eigenvalue weighted by Gasteiger charge is -2.08. The molecule has 2 aromatic carbocycles. The van der Waals surface area contributed by atoms with E-state index in [2.05, 4.69) is 10.3 Å². The maximum absolute atomic E-state index is 12.8. The molecule has 2 heterocycles. The maximum atomic E-state index is 12.8. The monoisotopic (exact) mass is 415 g/mol. The second-order valence-electron chi connectivity index (χ2n) is 6.00. The molecule has 0 bridgehead atoms. The highest BCUT2D eigenvalue weighted by Crippen LogP contribution is 2.36. The first-order valence-corrected chi connectivity index (χ1v) is 9.22. The van der Waals surface area contributed by atoms with E-state index in [1.54, 1.807) is 17.5 Å². The number of nitrogens with zero attached hydrogens (tertiary/aromatic N) is 2. The van der Waals surface area contributed by atoms with Gasteiger partial charge in [-0.1, -0.05) is 6.07 Å². The Kier molecular flexibility index (Phi) is 4.86. The first-order chi connectivity index (χ1) is 13.9. The molecule has 1 N–H and O–H groups in total. The molecule has 3 aromatic rings. The summed E-state index contributed by atoms with van der Waals surface area (Å²) in [6, 6.07) is 12.2. The minimum Gasteiger partial charge on any atom is -0.454 e. The van der Waals surface area contributed by atoms with Crippen molar-refractivity contribution in [2.45, 2.75) is 6.18 Å². The summed E-state index contributed by atoms with van der Waals surface area (Å²) < 4.78 is 49.1. The van der Waals surface area contributed by atoms with Crippen molar-refractivity contribution in [2.75, 3.05) is 12.1 Å². The second-order valence-corrected chi connectivity index (χ2v) is 6.86. The quantitative estimate of drug-likeness (QED) is 0.567. The van der Waals surface area contributed by atoms with Crippen LogP contribution in [-0.4, -0.2) is 11.8 Å². The molecule has 0 amide bonds. The van der Waals surface area contributed by atoms with E-state index < -0.39 is 11.7 Å². The number of fused-ring (bicyclic) bond motifs is 1. The minimum atomic E-state index is -4.44. The lowest BCUT2D eigenvalue weighted by Crippen LogP contribution is -2.05. The third-order valence-corrected chi connectivity index (χ3v) is 4.97. The molecule has 5 nitrogen and oxygen atoms in total. The van der Waals surface area contributed by atoms with Crippen molar-refractivity contribution >= 4 is 22.6 Å². The van der Waals surface area contributed by atoms with Gasteiger partial charge in [0.1, 0.15) is 16.6 Å². The number of hydrogen-bond acceptors (Lipinski definition) is 6. The molecule has 29 heavy (non-hydrogen) atoms. The van der Waals surface area contributed by atoms with Gasteiger partial charge in [0.2, 0.25) is 6.79 Å². The van der Waals surface area contributed by atoms with Crippen LogP contribution >= 0.6 is 11.3 Å². The van der Waals surface area contributed by atoms with Crippen LogP contribution in [0.25, 0.3) is 16.8 Å². The zero-order chi connectivity index (χ0) is 20.4. The van der Waals surface area contributed by atoms with Crippen LogP contribution in [-0.2, 0) is 6.18 Å². The van der Waals surface area contributed by atoms with Crippen molar-refractivity contribution in [2.24, 2.45) is 0 Å². The van der Waals surface area contributed by atoms with Crippen LogP contribution < -0.4 is 14.8 Å². The molecule has 1 aromatic heterocycles. The Bertz CT molecular complexity index is 1130. The van der Waals surface area contributed by atoms with E-state index in [4.69, 9.17) is 9.47 Å². The summed E-state index contributed by atoms with van der Waals surface area (Å²) in [6.07, 6.45) is -3.09. The molecule has 0 spiro atoms. The molecular weight excluding hydrogens is 403 g/mol. The summed E-state index contributed by atoms with van der Waals surface area (Å²) in [5.41, 5.74) is 1.12. The lowest BCUT2D eigenvalue weighted by molar-refractivity contribution is -0.137. The van der Waals surface area contributed by atoms with Crippen LogP contribution in [0.15, 0.2) is 54.0 Å². The Hall–Kier alpha value is -3.51. The highest BCUT2D eigenvalue weighted by molar-refractivity contribution is 7.11. The van der Waals surface area contributed by atoms with E-state index in [1.807, 2.05) is 12.1 Å². The summed E-state index contributed by atoms with van der Waals surface area (Å²) >= 11 is 1.26. The van der Waals surface area contributed by atoms with Crippen molar-refractivity contribution in [1.82, 2.24) is 4.98 Å².